The lowest BCUT2D eigenvalue weighted by Crippen LogP contribution is -2.08. The van der Waals surface area contributed by atoms with Gasteiger partial charge in [0.2, 0.25) is 0 Å². The van der Waals surface area contributed by atoms with Crippen LogP contribution in [0.5, 0.6) is 5.75 Å². The molecule has 3 aromatic carbocycles. The van der Waals surface area contributed by atoms with Crippen LogP contribution in [-0.4, -0.2) is 17.0 Å². The highest BCUT2D eigenvalue weighted by molar-refractivity contribution is 5.98. The van der Waals surface area contributed by atoms with Crippen LogP contribution in [0.4, 0.5) is 11.4 Å². The lowest BCUT2D eigenvalue weighted by Gasteiger charge is -2.10. The lowest BCUT2D eigenvalue weighted by atomic mass is 10.00. The molecule has 0 fully saturated rings. The highest BCUT2D eigenvalue weighted by atomic mass is 16.5. The first-order valence-electron chi connectivity index (χ1n) is 7.75. The van der Waals surface area contributed by atoms with Crippen molar-refractivity contribution in [1.29, 1.82) is 0 Å². The van der Waals surface area contributed by atoms with E-state index in [1.165, 1.54) is 6.07 Å². The Morgan fingerprint density at radius 2 is 1.58 bits per heavy atom. The average Bonchev–Trinajstić information content (AvgIpc) is 2.62. The third-order valence-electron chi connectivity index (χ3n) is 3.84. The molecule has 0 saturated carbocycles. The molecule has 0 spiro atoms. The van der Waals surface area contributed by atoms with Gasteiger partial charge in [-0.25, -0.2) is 9.59 Å². The van der Waals surface area contributed by atoms with E-state index < -0.39 is 11.9 Å². The first-order chi connectivity index (χ1) is 12.5. The van der Waals surface area contributed by atoms with E-state index in [2.05, 4.69) is 0 Å². The fourth-order valence-electron chi connectivity index (χ4n) is 2.52. The zero-order valence-corrected chi connectivity index (χ0v) is 13.7. The van der Waals surface area contributed by atoms with Crippen LogP contribution in [0, 0.1) is 0 Å². The number of rotatable bonds is 4. The molecule has 0 amide bonds. The first kappa shape index (κ1) is 17.0. The highest BCUT2D eigenvalue weighted by Crippen LogP contribution is 2.31. The summed E-state index contributed by atoms with van der Waals surface area (Å²) in [5, 5.41) is 9.20. The summed E-state index contributed by atoms with van der Waals surface area (Å²) >= 11 is 0. The number of aromatic carboxylic acids is 1. The van der Waals surface area contributed by atoms with Gasteiger partial charge in [0.1, 0.15) is 5.75 Å². The summed E-state index contributed by atoms with van der Waals surface area (Å²) in [5.74, 6) is -1.30. The highest BCUT2D eigenvalue weighted by Gasteiger charge is 2.14. The summed E-state index contributed by atoms with van der Waals surface area (Å²) in [4.78, 5) is 23.5. The molecule has 0 radical (unpaired) electrons. The topological polar surface area (TPSA) is 116 Å². The van der Waals surface area contributed by atoms with Crippen molar-refractivity contribution in [3.05, 3.63) is 77.9 Å². The number of ether oxygens (including phenoxy) is 1. The minimum absolute atomic E-state index is 0.0202. The number of hydrogen-bond acceptors (Lipinski definition) is 5. The summed E-state index contributed by atoms with van der Waals surface area (Å²) in [6.07, 6.45) is 0. The molecule has 0 saturated heterocycles. The lowest BCUT2D eigenvalue weighted by molar-refractivity contribution is 0.0695. The predicted molar refractivity (Wildman–Crippen MR) is 99.1 cm³/mol. The Balaban J connectivity index is 1.89. The van der Waals surface area contributed by atoms with Crippen molar-refractivity contribution in [3.8, 4) is 16.9 Å². The fraction of sp³-hybridized carbons (Fsp3) is 0. The summed E-state index contributed by atoms with van der Waals surface area (Å²) in [6.45, 7) is 0. The molecule has 3 rings (SSSR count). The number of nitrogens with two attached hydrogens (primary N) is 2. The number of carboxylic acids is 1. The molecular formula is C20H16N2O4. The van der Waals surface area contributed by atoms with Crippen LogP contribution in [0.2, 0.25) is 0 Å². The standard InChI is InChI=1S/C20H16N2O4/c21-14-9-7-12(8-10-14)20(25)26-15-4-1-3-13(11-15)16-5-2-6-17(18(16)22)19(23)24/h1-11H,21-22H2,(H,23,24). The Hall–Kier alpha value is -3.80. The van der Waals surface area contributed by atoms with Gasteiger partial charge in [-0.2, -0.15) is 0 Å². The Bertz CT molecular complexity index is 981. The maximum atomic E-state index is 12.2. The molecule has 0 unspecified atom stereocenters. The summed E-state index contributed by atoms with van der Waals surface area (Å²) in [7, 11) is 0. The van der Waals surface area contributed by atoms with Crippen LogP contribution < -0.4 is 16.2 Å². The van der Waals surface area contributed by atoms with Crippen molar-refractivity contribution >= 4 is 23.3 Å². The summed E-state index contributed by atoms with van der Waals surface area (Å²) in [6, 6.07) is 17.9. The smallest absolute Gasteiger partial charge is 0.343 e. The molecule has 26 heavy (non-hydrogen) atoms. The van der Waals surface area contributed by atoms with Crippen molar-refractivity contribution in [2.75, 3.05) is 11.5 Å². The number of carbonyl (C=O) groups is 2. The molecular weight excluding hydrogens is 332 g/mol. The van der Waals surface area contributed by atoms with E-state index in [4.69, 9.17) is 16.2 Å². The number of benzene rings is 3. The van der Waals surface area contributed by atoms with E-state index >= 15 is 0 Å². The molecule has 0 aliphatic rings. The normalized spacial score (nSPS) is 10.3. The molecule has 0 bridgehead atoms. The number of hydrogen-bond donors (Lipinski definition) is 3. The van der Waals surface area contributed by atoms with Gasteiger partial charge in [0.05, 0.1) is 16.8 Å². The molecule has 3 aromatic rings. The SMILES string of the molecule is Nc1ccc(C(=O)Oc2cccc(-c3cccc(C(=O)O)c3N)c2)cc1. The fourth-order valence-corrected chi connectivity index (χ4v) is 2.52. The molecule has 130 valence electrons. The second-order valence-corrected chi connectivity index (χ2v) is 5.61. The third kappa shape index (κ3) is 3.49. The van der Waals surface area contributed by atoms with Crippen molar-refractivity contribution in [3.63, 3.8) is 0 Å². The molecule has 0 aliphatic heterocycles. The van der Waals surface area contributed by atoms with Gasteiger partial charge in [0, 0.05) is 11.3 Å². The average molecular weight is 348 g/mol. The Morgan fingerprint density at radius 3 is 2.27 bits per heavy atom. The van der Waals surface area contributed by atoms with Crippen LogP contribution in [0.3, 0.4) is 0 Å². The van der Waals surface area contributed by atoms with Crippen molar-refractivity contribution in [2.45, 2.75) is 0 Å². The molecule has 6 nitrogen and oxygen atoms in total. The number of carbonyl (C=O) groups excluding carboxylic acids is 1. The quantitative estimate of drug-likeness (QED) is 0.378. The van der Waals surface area contributed by atoms with Gasteiger partial charge >= 0.3 is 11.9 Å². The first-order valence-corrected chi connectivity index (χ1v) is 7.75. The molecule has 0 heterocycles. The van der Waals surface area contributed by atoms with E-state index in [1.54, 1.807) is 60.7 Å². The minimum atomic E-state index is -1.10. The van der Waals surface area contributed by atoms with E-state index in [-0.39, 0.29) is 11.3 Å². The minimum Gasteiger partial charge on any atom is -0.478 e. The zero-order valence-electron chi connectivity index (χ0n) is 13.7. The predicted octanol–water partition coefficient (Wildman–Crippen LogP) is 3.44. The second-order valence-electron chi connectivity index (χ2n) is 5.61. The monoisotopic (exact) mass is 348 g/mol. The van der Waals surface area contributed by atoms with Gasteiger partial charge in [0.25, 0.3) is 0 Å². The largest absolute Gasteiger partial charge is 0.478 e. The van der Waals surface area contributed by atoms with Gasteiger partial charge in [0.15, 0.2) is 0 Å². The van der Waals surface area contributed by atoms with E-state index in [0.717, 1.165) is 0 Å². The van der Waals surface area contributed by atoms with Crippen LogP contribution in [-0.2, 0) is 0 Å². The number of nitrogen functional groups attached to an aromatic ring is 2. The van der Waals surface area contributed by atoms with E-state index in [9.17, 15) is 14.7 Å². The summed E-state index contributed by atoms with van der Waals surface area (Å²) in [5.41, 5.74) is 13.9. The van der Waals surface area contributed by atoms with Crippen molar-refractivity contribution < 1.29 is 19.4 Å². The Kier molecular flexibility index (Phi) is 4.57. The van der Waals surface area contributed by atoms with Gasteiger partial charge in [-0.3, -0.25) is 0 Å². The van der Waals surface area contributed by atoms with Crippen molar-refractivity contribution in [2.24, 2.45) is 0 Å². The molecule has 0 aromatic heterocycles. The van der Waals surface area contributed by atoms with Crippen LogP contribution >= 0.6 is 0 Å². The molecule has 6 heteroatoms. The Labute approximate surface area is 149 Å². The molecule has 0 atom stereocenters. The van der Waals surface area contributed by atoms with Crippen LogP contribution in [0.15, 0.2) is 66.7 Å². The van der Waals surface area contributed by atoms with Crippen molar-refractivity contribution in [1.82, 2.24) is 0 Å². The van der Waals surface area contributed by atoms with Crippen LogP contribution in [0.25, 0.3) is 11.1 Å². The molecule has 5 N–H and O–H groups in total. The molecule has 0 aliphatic carbocycles. The third-order valence-corrected chi connectivity index (χ3v) is 3.84. The van der Waals surface area contributed by atoms with E-state index in [0.29, 0.717) is 28.1 Å². The van der Waals surface area contributed by atoms with Gasteiger partial charge < -0.3 is 21.3 Å². The van der Waals surface area contributed by atoms with Crippen LogP contribution in [0.1, 0.15) is 20.7 Å². The second kappa shape index (κ2) is 6.98. The number of carboxylic acid groups (broad SMARTS) is 1. The maximum absolute atomic E-state index is 12.2. The van der Waals surface area contributed by atoms with Gasteiger partial charge in [-0.15, -0.1) is 0 Å². The van der Waals surface area contributed by atoms with Gasteiger partial charge in [-0.1, -0.05) is 24.3 Å². The maximum Gasteiger partial charge on any atom is 0.343 e. The zero-order chi connectivity index (χ0) is 18.7. The summed E-state index contributed by atoms with van der Waals surface area (Å²) < 4.78 is 5.38. The number of para-hydroxylation sites is 1. The van der Waals surface area contributed by atoms with Gasteiger partial charge in [-0.05, 0) is 48.0 Å². The Morgan fingerprint density at radius 1 is 0.885 bits per heavy atom. The number of esters is 1. The number of anilines is 2. The van der Waals surface area contributed by atoms with E-state index in [1.807, 2.05) is 0 Å².